The zero-order valence-corrected chi connectivity index (χ0v) is 8.57. The number of nitrogens with zero attached hydrogens (tertiary/aromatic N) is 1. The van der Waals surface area contributed by atoms with E-state index in [1.54, 1.807) is 6.07 Å². The van der Waals surface area contributed by atoms with Crippen LogP contribution in [-0.4, -0.2) is 4.92 Å². The highest BCUT2D eigenvalue weighted by atomic mass is 16.6. The van der Waals surface area contributed by atoms with Crippen molar-refractivity contribution >= 4 is 11.4 Å². The van der Waals surface area contributed by atoms with Gasteiger partial charge in [-0.3, -0.25) is 10.1 Å². The zero-order chi connectivity index (χ0) is 10.9. The lowest BCUT2D eigenvalue weighted by Gasteiger charge is -2.20. The number of nitrogen functional groups attached to an aromatic ring is 1. The summed E-state index contributed by atoms with van der Waals surface area (Å²) in [6.45, 7) is 5.92. The van der Waals surface area contributed by atoms with Gasteiger partial charge in [0.15, 0.2) is 0 Å². The summed E-state index contributed by atoms with van der Waals surface area (Å²) in [7, 11) is 0. The first kappa shape index (κ1) is 10.5. The van der Waals surface area contributed by atoms with Crippen LogP contribution in [0, 0.1) is 10.1 Å². The number of hydrogen-bond acceptors (Lipinski definition) is 3. The molecule has 0 fully saturated rings. The van der Waals surface area contributed by atoms with Gasteiger partial charge in [0.25, 0.3) is 5.69 Å². The van der Waals surface area contributed by atoms with Crippen LogP contribution in [0.1, 0.15) is 26.3 Å². The Hall–Kier alpha value is -1.58. The van der Waals surface area contributed by atoms with Crippen molar-refractivity contribution < 1.29 is 4.92 Å². The van der Waals surface area contributed by atoms with E-state index in [0.717, 1.165) is 5.56 Å². The first-order chi connectivity index (χ1) is 6.34. The van der Waals surface area contributed by atoms with Gasteiger partial charge in [0.1, 0.15) is 5.69 Å². The lowest BCUT2D eigenvalue weighted by molar-refractivity contribution is -0.384. The number of para-hydroxylation sites is 1. The Labute approximate surface area is 82.9 Å². The summed E-state index contributed by atoms with van der Waals surface area (Å²) in [5, 5.41) is 10.6. The Morgan fingerprint density at radius 2 is 1.93 bits per heavy atom. The third kappa shape index (κ3) is 1.84. The first-order valence-electron chi connectivity index (χ1n) is 4.37. The van der Waals surface area contributed by atoms with Crippen LogP contribution in [0.25, 0.3) is 0 Å². The molecule has 0 unspecified atom stereocenters. The van der Waals surface area contributed by atoms with E-state index < -0.39 is 4.92 Å². The van der Waals surface area contributed by atoms with Gasteiger partial charge in [-0.2, -0.15) is 0 Å². The summed E-state index contributed by atoms with van der Waals surface area (Å²) < 4.78 is 0. The number of nitro groups is 1. The molecule has 0 aromatic heterocycles. The predicted molar refractivity (Wildman–Crippen MR) is 56.2 cm³/mol. The molecule has 14 heavy (non-hydrogen) atoms. The number of nitrogens with two attached hydrogens (primary N) is 1. The largest absolute Gasteiger partial charge is 0.393 e. The quantitative estimate of drug-likeness (QED) is 0.424. The molecule has 0 aliphatic rings. The van der Waals surface area contributed by atoms with Crippen LogP contribution in [0.15, 0.2) is 18.2 Å². The van der Waals surface area contributed by atoms with Gasteiger partial charge >= 0.3 is 0 Å². The fourth-order valence-electron chi connectivity index (χ4n) is 1.37. The van der Waals surface area contributed by atoms with Crippen LogP contribution >= 0.6 is 0 Å². The highest BCUT2D eigenvalue weighted by Crippen LogP contribution is 2.33. The third-order valence-electron chi connectivity index (χ3n) is 2.09. The Bertz CT molecular complexity index is 367. The maximum absolute atomic E-state index is 10.6. The Balaban J connectivity index is 3.35. The fraction of sp³-hybridized carbons (Fsp3) is 0.400. The van der Waals surface area contributed by atoms with Gasteiger partial charge in [0, 0.05) is 6.07 Å². The van der Waals surface area contributed by atoms with E-state index in [2.05, 4.69) is 0 Å². The van der Waals surface area contributed by atoms with Crippen LogP contribution in [0.3, 0.4) is 0 Å². The van der Waals surface area contributed by atoms with Crippen LogP contribution in [-0.2, 0) is 5.41 Å². The normalized spacial score (nSPS) is 11.4. The summed E-state index contributed by atoms with van der Waals surface area (Å²) in [5.41, 5.74) is 6.62. The van der Waals surface area contributed by atoms with Gasteiger partial charge in [-0.1, -0.05) is 32.9 Å². The predicted octanol–water partition coefficient (Wildman–Crippen LogP) is 2.47. The molecule has 76 valence electrons. The van der Waals surface area contributed by atoms with Crippen LogP contribution in [0.5, 0.6) is 0 Å². The van der Waals surface area contributed by atoms with Crippen molar-refractivity contribution in [3.05, 3.63) is 33.9 Å². The van der Waals surface area contributed by atoms with E-state index in [9.17, 15) is 10.1 Å². The smallest absolute Gasteiger partial charge is 0.292 e. The molecule has 1 aromatic rings. The molecular weight excluding hydrogens is 180 g/mol. The summed E-state index contributed by atoms with van der Waals surface area (Å²) in [6.07, 6.45) is 0. The van der Waals surface area contributed by atoms with Gasteiger partial charge in [-0.25, -0.2) is 0 Å². The van der Waals surface area contributed by atoms with Crippen molar-refractivity contribution in [1.29, 1.82) is 0 Å². The van der Waals surface area contributed by atoms with Gasteiger partial charge in [0.2, 0.25) is 0 Å². The first-order valence-corrected chi connectivity index (χ1v) is 4.37. The SMILES string of the molecule is CC(C)(C)c1cccc([N+](=O)[O-])c1N. The summed E-state index contributed by atoms with van der Waals surface area (Å²) in [5.74, 6) is 0. The molecule has 0 radical (unpaired) electrons. The van der Waals surface area contributed by atoms with Gasteiger partial charge < -0.3 is 5.73 Å². The standard InChI is InChI=1S/C10H14N2O2/c1-10(2,3)7-5-4-6-8(9(7)11)12(13)14/h4-6H,11H2,1-3H3. The second kappa shape index (κ2) is 3.29. The van der Waals surface area contributed by atoms with E-state index >= 15 is 0 Å². The summed E-state index contributed by atoms with van der Waals surface area (Å²) in [4.78, 5) is 10.2. The maximum atomic E-state index is 10.6. The molecule has 0 saturated heterocycles. The molecule has 0 atom stereocenters. The summed E-state index contributed by atoms with van der Waals surface area (Å²) >= 11 is 0. The van der Waals surface area contributed by atoms with E-state index in [4.69, 9.17) is 5.73 Å². The fourth-order valence-corrected chi connectivity index (χ4v) is 1.37. The van der Waals surface area contributed by atoms with Crippen LogP contribution < -0.4 is 5.73 Å². The number of benzene rings is 1. The molecule has 2 N–H and O–H groups in total. The minimum atomic E-state index is -0.454. The molecule has 0 saturated carbocycles. The molecule has 0 spiro atoms. The molecule has 1 aromatic carbocycles. The van der Waals surface area contributed by atoms with E-state index in [1.165, 1.54) is 6.07 Å². The van der Waals surface area contributed by atoms with Crippen LogP contribution in [0.4, 0.5) is 11.4 Å². The molecule has 4 heteroatoms. The Morgan fingerprint density at radius 3 is 2.36 bits per heavy atom. The molecule has 0 bridgehead atoms. The minimum absolute atomic E-state index is 0.0163. The van der Waals surface area contributed by atoms with Gasteiger partial charge in [-0.15, -0.1) is 0 Å². The maximum Gasteiger partial charge on any atom is 0.292 e. The minimum Gasteiger partial charge on any atom is -0.393 e. The molecule has 0 aliphatic heterocycles. The highest BCUT2D eigenvalue weighted by molar-refractivity contribution is 5.64. The average molecular weight is 194 g/mol. The van der Waals surface area contributed by atoms with Gasteiger partial charge in [0.05, 0.1) is 4.92 Å². The molecule has 4 nitrogen and oxygen atoms in total. The van der Waals surface area contributed by atoms with Gasteiger partial charge in [-0.05, 0) is 11.0 Å². The van der Waals surface area contributed by atoms with E-state index in [0.29, 0.717) is 0 Å². The zero-order valence-electron chi connectivity index (χ0n) is 8.57. The molecule has 0 heterocycles. The lowest BCUT2D eigenvalue weighted by Crippen LogP contribution is -2.14. The van der Waals surface area contributed by atoms with Crippen molar-refractivity contribution in [2.75, 3.05) is 5.73 Å². The van der Waals surface area contributed by atoms with Crippen molar-refractivity contribution in [2.24, 2.45) is 0 Å². The van der Waals surface area contributed by atoms with Crippen molar-refractivity contribution in [1.82, 2.24) is 0 Å². The lowest BCUT2D eigenvalue weighted by atomic mass is 9.85. The molecular formula is C10H14N2O2. The van der Waals surface area contributed by atoms with E-state index in [-0.39, 0.29) is 16.8 Å². The highest BCUT2D eigenvalue weighted by Gasteiger charge is 2.22. The van der Waals surface area contributed by atoms with Crippen molar-refractivity contribution in [3.8, 4) is 0 Å². The Morgan fingerprint density at radius 1 is 1.36 bits per heavy atom. The van der Waals surface area contributed by atoms with Crippen molar-refractivity contribution in [3.63, 3.8) is 0 Å². The Kier molecular flexibility index (Phi) is 2.47. The van der Waals surface area contributed by atoms with Crippen LogP contribution in [0.2, 0.25) is 0 Å². The number of rotatable bonds is 1. The third-order valence-corrected chi connectivity index (χ3v) is 2.09. The number of nitro benzene ring substituents is 1. The molecule has 0 aliphatic carbocycles. The number of anilines is 1. The molecule has 0 amide bonds. The summed E-state index contributed by atoms with van der Waals surface area (Å²) in [6, 6.07) is 4.90. The second-order valence-electron chi connectivity index (χ2n) is 4.25. The topological polar surface area (TPSA) is 69.2 Å². The van der Waals surface area contributed by atoms with Crippen molar-refractivity contribution in [2.45, 2.75) is 26.2 Å². The average Bonchev–Trinajstić information content (AvgIpc) is 2.01. The monoisotopic (exact) mass is 194 g/mol. The van der Waals surface area contributed by atoms with E-state index in [1.807, 2.05) is 26.8 Å². The second-order valence-corrected chi connectivity index (χ2v) is 4.25. The molecule has 1 rings (SSSR count). The number of hydrogen-bond donors (Lipinski definition) is 1.